The summed E-state index contributed by atoms with van der Waals surface area (Å²) in [5.74, 6) is 0. The predicted molar refractivity (Wildman–Crippen MR) is 66.3 cm³/mol. The molecule has 0 saturated carbocycles. The lowest BCUT2D eigenvalue weighted by Crippen LogP contribution is -2.44. The monoisotopic (exact) mass is 213 g/mol. The Bertz CT molecular complexity index is 170. The van der Waals surface area contributed by atoms with Crippen molar-refractivity contribution in [1.82, 2.24) is 15.1 Å². The van der Waals surface area contributed by atoms with E-state index in [-0.39, 0.29) is 0 Å². The summed E-state index contributed by atoms with van der Waals surface area (Å²) in [5.41, 5.74) is 0. The lowest BCUT2D eigenvalue weighted by molar-refractivity contribution is 0.193. The van der Waals surface area contributed by atoms with Crippen LogP contribution in [0.1, 0.15) is 26.7 Å². The SMILES string of the molecule is CCNC(C)CN1CCCC1CN(C)C. The predicted octanol–water partition coefficient (Wildman–Crippen LogP) is 1.01. The van der Waals surface area contributed by atoms with Gasteiger partial charge in [-0.25, -0.2) is 0 Å². The maximum absolute atomic E-state index is 3.49. The number of hydrogen-bond donors (Lipinski definition) is 1. The lowest BCUT2D eigenvalue weighted by Gasteiger charge is -2.29. The average molecular weight is 213 g/mol. The molecule has 2 atom stereocenters. The minimum atomic E-state index is 0.623. The first-order valence-electron chi connectivity index (χ1n) is 6.25. The number of likely N-dealkylation sites (N-methyl/N-ethyl adjacent to an activating group) is 2. The van der Waals surface area contributed by atoms with Gasteiger partial charge < -0.3 is 10.2 Å². The molecule has 1 aliphatic rings. The Labute approximate surface area is 94.8 Å². The summed E-state index contributed by atoms with van der Waals surface area (Å²) in [5, 5.41) is 3.49. The number of nitrogens with zero attached hydrogens (tertiary/aromatic N) is 2. The van der Waals surface area contributed by atoms with Crippen molar-refractivity contribution in [2.75, 3.05) is 40.3 Å². The molecular weight excluding hydrogens is 186 g/mol. The van der Waals surface area contributed by atoms with Crippen LogP contribution in [0.15, 0.2) is 0 Å². The van der Waals surface area contributed by atoms with Gasteiger partial charge in [-0.2, -0.15) is 0 Å². The second-order valence-electron chi connectivity index (χ2n) is 5.01. The van der Waals surface area contributed by atoms with Gasteiger partial charge in [-0.1, -0.05) is 6.92 Å². The first kappa shape index (κ1) is 12.9. The molecule has 1 fully saturated rings. The summed E-state index contributed by atoms with van der Waals surface area (Å²) in [6.45, 7) is 9.24. The molecule has 3 nitrogen and oxygen atoms in total. The van der Waals surface area contributed by atoms with E-state index in [9.17, 15) is 0 Å². The van der Waals surface area contributed by atoms with E-state index >= 15 is 0 Å². The van der Waals surface area contributed by atoms with Gasteiger partial charge in [0.1, 0.15) is 0 Å². The lowest BCUT2D eigenvalue weighted by atomic mass is 10.2. The van der Waals surface area contributed by atoms with Crippen LogP contribution in [0, 0.1) is 0 Å². The topological polar surface area (TPSA) is 18.5 Å². The standard InChI is InChI=1S/C12H27N3/c1-5-13-11(2)9-15-8-6-7-12(15)10-14(3)4/h11-13H,5-10H2,1-4H3. The molecule has 2 unspecified atom stereocenters. The van der Waals surface area contributed by atoms with E-state index < -0.39 is 0 Å². The largest absolute Gasteiger partial charge is 0.313 e. The van der Waals surface area contributed by atoms with Crippen molar-refractivity contribution in [3.63, 3.8) is 0 Å². The van der Waals surface area contributed by atoms with Gasteiger partial charge in [0.05, 0.1) is 0 Å². The zero-order valence-electron chi connectivity index (χ0n) is 10.8. The molecule has 0 aromatic carbocycles. The molecule has 0 spiro atoms. The van der Waals surface area contributed by atoms with Crippen molar-refractivity contribution in [3.05, 3.63) is 0 Å². The Kier molecular flexibility index (Phi) is 5.58. The molecule has 1 heterocycles. The van der Waals surface area contributed by atoms with Crippen LogP contribution in [0.4, 0.5) is 0 Å². The smallest absolute Gasteiger partial charge is 0.0224 e. The van der Waals surface area contributed by atoms with Crippen LogP contribution in [0.2, 0.25) is 0 Å². The molecule has 0 amide bonds. The molecule has 0 aliphatic carbocycles. The highest BCUT2D eigenvalue weighted by Crippen LogP contribution is 2.17. The fourth-order valence-electron chi connectivity index (χ4n) is 2.53. The third-order valence-electron chi connectivity index (χ3n) is 3.14. The summed E-state index contributed by atoms with van der Waals surface area (Å²) >= 11 is 0. The molecule has 0 aromatic rings. The van der Waals surface area contributed by atoms with Crippen LogP contribution in [0.5, 0.6) is 0 Å². The van der Waals surface area contributed by atoms with Crippen LogP contribution >= 0.6 is 0 Å². The summed E-state index contributed by atoms with van der Waals surface area (Å²) in [7, 11) is 4.34. The van der Waals surface area contributed by atoms with Gasteiger partial charge in [0, 0.05) is 25.2 Å². The number of likely N-dealkylation sites (tertiary alicyclic amines) is 1. The third-order valence-corrected chi connectivity index (χ3v) is 3.14. The molecule has 1 saturated heterocycles. The Hall–Kier alpha value is -0.120. The molecule has 1 N–H and O–H groups in total. The van der Waals surface area contributed by atoms with E-state index in [1.165, 1.54) is 32.5 Å². The Morgan fingerprint density at radius 3 is 2.80 bits per heavy atom. The Morgan fingerprint density at radius 2 is 2.20 bits per heavy atom. The molecule has 3 heteroatoms. The van der Waals surface area contributed by atoms with Crippen LogP contribution in [-0.4, -0.2) is 62.2 Å². The number of rotatable bonds is 6. The van der Waals surface area contributed by atoms with Crippen molar-refractivity contribution in [3.8, 4) is 0 Å². The second-order valence-corrected chi connectivity index (χ2v) is 5.01. The molecule has 1 rings (SSSR count). The van der Waals surface area contributed by atoms with Gasteiger partial charge >= 0.3 is 0 Å². The molecule has 90 valence electrons. The van der Waals surface area contributed by atoms with Crippen molar-refractivity contribution in [2.45, 2.75) is 38.8 Å². The normalized spacial score (nSPS) is 25.0. The van der Waals surface area contributed by atoms with Gasteiger partial charge in [-0.3, -0.25) is 4.90 Å². The highest BCUT2D eigenvalue weighted by Gasteiger charge is 2.25. The van der Waals surface area contributed by atoms with E-state index in [4.69, 9.17) is 0 Å². The summed E-state index contributed by atoms with van der Waals surface area (Å²) in [6, 6.07) is 1.40. The Balaban J connectivity index is 2.32. The molecule has 1 aliphatic heterocycles. The number of nitrogens with one attached hydrogen (secondary N) is 1. The fraction of sp³-hybridized carbons (Fsp3) is 1.00. The number of hydrogen-bond acceptors (Lipinski definition) is 3. The van der Waals surface area contributed by atoms with E-state index in [1.54, 1.807) is 0 Å². The van der Waals surface area contributed by atoms with Crippen LogP contribution in [-0.2, 0) is 0 Å². The zero-order chi connectivity index (χ0) is 11.3. The van der Waals surface area contributed by atoms with Crippen molar-refractivity contribution >= 4 is 0 Å². The molecule has 0 aromatic heterocycles. The van der Waals surface area contributed by atoms with Gasteiger partial charge in [0.25, 0.3) is 0 Å². The summed E-state index contributed by atoms with van der Waals surface area (Å²) < 4.78 is 0. The minimum absolute atomic E-state index is 0.623. The molecular formula is C12H27N3. The zero-order valence-corrected chi connectivity index (χ0v) is 10.8. The second kappa shape index (κ2) is 6.46. The van der Waals surface area contributed by atoms with E-state index in [2.05, 4.69) is 43.1 Å². The quantitative estimate of drug-likeness (QED) is 0.710. The molecule has 0 bridgehead atoms. The highest BCUT2D eigenvalue weighted by molar-refractivity contribution is 4.83. The van der Waals surface area contributed by atoms with Crippen molar-refractivity contribution in [2.24, 2.45) is 0 Å². The highest BCUT2D eigenvalue weighted by atomic mass is 15.2. The van der Waals surface area contributed by atoms with E-state index in [0.717, 1.165) is 12.6 Å². The van der Waals surface area contributed by atoms with Crippen molar-refractivity contribution < 1.29 is 0 Å². The maximum atomic E-state index is 3.49. The van der Waals surface area contributed by atoms with Crippen molar-refractivity contribution in [1.29, 1.82) is 0 Å². The van der Waals surface area contributed by atoms with Gasteiger partial charge in [-0.05, 0) is 47.0 Å². The first-order chi connectivity index (χ1) is 7.13. The van der Waals surface area contributed by atoms with Gasteiger partial charge in [-0.15, -0.1) is 0 Å². The fourth-order valence-corrected chi connectivity index (χ4v) is 2.53. The Morgan fingerprint density at radius 1 is 1.47 bits per heavy atom. The molecule has 15 heavy (non-hydrogen) atoms. The maximum Gasteiger partial charge on any atom is 0.0224 e. The van der Waals surface area contributed by atoms with Crippen LogP contribution in [0.25, 0.3) is 0 Å². The first-order valence-corrected chi connectivity index (χ1v) is 6.25. The summed E-state index contributed by atoms with van der Waals surface area (Å²) in [4.78, 5) is 4.95. The van der Waals surface area contributed by atoms with Gasteiger partial charge in [0.15, 0.2) is 0 Å². The third kappa shape index (κ3) is 4.49. The van der Waals surface area contributed by atoms with Gasteiger partial charge in [0.2, 0.25) is 0 Å². The summed E-state index contributed by atoms with van der Waals surface area (Å²) in [6.07, 6.45) is 2.74. The van der Waals surface area contributed by atoms with E-state index in [0.29, 0.717) is 6.04 Å². The van der Waals surface area contributed by atoms with Crippen LogP contribution in [0.3, 0.4) is 0 Å². The van der Waals surface area contributed by atoms with Crippen LogP contribution < -0.4 is 5.32 Å². The average Bonchev–Trinajstić information content (AvgIpc) is 2.52. The van der Waals surface area contributed by atoms with E-state index in [1.807, 2.05) is 0 Å². The minimum Gasteiger partial charge on any atom is -0.313 e. The molecule has 0 radical (unpaired) electrons.